The molecule has 0 saturated carbocycles. The van der Waals surface area contributed by atoms with E-state index in [0.29, 0.717) is 17.8 Å². The summed E-state index contributed by atoms with van der Waals surface area (Å²) in [5, 5.41) is 0. The molecule has 2 heteroatoms. The van der Waals surface area contributed by atoms with Crippen molar-refractivity contribution in [2.75, 3.05) is 14.2 Å². The van der Waals surface area contributed by atoms with Crippen LogP contribution >= 0.6 is 0 Å². The molecule has 2 aromatic carbocycles. The zero-order chi connectivity index (χ0) is 17.5. The molecule has 3 atom stereocenters. The van der Waals surface area contributed by atoms with Crippen LogP contribution in [-0.2, 0) is 0 Å². The summed E-state index contributed by atoms with van der Waals surface area (Å²) in [5.74, 6) is 3.51. The fourth-order valence-electron chi connectivity index (χ4n) is 3.78. The van der Waals surface area contributed by atoms with Crippen LogP contribution in [0.1, 0.15) is 56.6 Å². The van der Waals surface area contributed by atoms with Gasteiger partial charge in [-0.1, -0.05) is 51.5 Å². The molecule has 2 aromatic rings. The Morgan fingerprint density at radius 3 is 1.54 bits per heavy atom. The molecule has 0 aliphatic heterocycles. The molecule has 0 heterocycles. The Hall–Kier alpha value is -1.96. The number of ether oxygens (including phenoxy) is 2. The second-order valence-corrected chi connectivity index (χ2v) is 6.42. The molecular weight excluding hydrogens is 296 g/mol. The highest BCUT2D eigenvalue weighted by Crippen LogP contribution is 2.40. The van der Waals surface area contributed by atoms with Crippen LogP contribution in [0.5, 0.6) is 11.5 Å². The topological polar surface area (TPSA) is 18.5 Å². The molecule has 0 fully saturated rings. The molecule has 2 nitrogen and oxygen atoms in total. The Balaban J connectivity index is 2.24. The van der Waals surface area contributed by atoms with Crippen LogP contribution in [-0.4, -0.2) is 14.2 Å². The predicted octanol–water partition coefficient (Wildman–Crippen LogP) is 6.03. The third-order valence-electron chi connectivity index (χ3n) is 5.26. The summed E-state index contributed by atoms with van der Waals surface area (Å²) in [6.07, 6.45) is 2.31. The summed E-state index contributed by atoms with van der Waals surface area (Å²) >= 11 is 0. The molecule has 0 spiro atoms. The van der Waals surface area contributed by atoms with E-state index < -0.39 is 0 Å². The second kappa shape index (κ2) is 8.77. The summed E-state index contributed by atoms with van der Waals surface area (Å²) in [5.41, 5.74) is 2.79. The van der Waals surface area contributed by atoms with Gasteiger partial charge in [0.2, 0.25) is 0 Å². The lowest BCUT2D eigenvalue weighted by Crippen LogP contribution is -2.18. The molecule has 0 amide bonds. The molecule has 0 aliphatic carbocycles. The maximum Gasteiger partial charge on any atom is 0.118 e. The first-order valence-corrected chi connectivity index (χ1v) is 8.92. The third-order valence-corrected chi connectivity index (χ3v) is 5.26. The minimum Gasteiger partial charge on any atom is -0.497 e. The lowest BCUT2D eigenvalue weighted by atomic mass is 9.73. The minimum absolute atomic E-state index is 0.507. The highest BCUT2D eigenvalue weighted by atomic mass is 16.5. The smallest absolute Gasteiger partial charge is 0.118 e. The Bertz CT molecular complexity index is 601. The van der Waals surface area contributed by atoms with Crippen molar-refractivity contribution >= 4 is 0 Å². The van der Waals surface area contributed by atoms with Gasteiger partial charge in [0.15, 0.2) is 0 Å². The van der Waals surface area contributed by atoms with Gasteiger partial charge in [-0.2, -0.15) is 0 Å². The van der Waals surface area contributed by atoms with E-state index in [4.69, 9.17) is 9.47 Å². The predicted molar refractivity (Wildman–Crippen MR) is 101 cm³/mol. The van der Waals surface area contributed by atoms with Crippen molar-refractivity contribution < 1.29 is 9.47 Å². The molecule has 0 aromatic heterocycles. The standard InChI is InChI=1S/C22H30O2/c1-6-21(16(3)17-8-12-19(23-4)13-9-17)22(7-2)18-10-14-20(24-5)15-11-18/h8-16,21-22H,6-7H2,1-5H3/t16-,21+,22-/m1/s1. The lowest BCUT2D eigenvalue weighted by Gasteiger charge is -2.31. The maximum absolute atomic E-state index is 5.30. The van der Waals surface area contributed by atoms with Gasteiger partial charge in [-0.3, -0.25) is 0 Å². The van der Waals surface area contributed by atoms with Gasteiger partial charge in [-0.15, -0.1) is 0 Å². The van der Waals surface area contributed by atoms with Crippen molar-refractivity contribution in [3.8, 4) is 11.5 Å². The van der Waals surface area contributed by atoms with Crippen LogP contribution in [0.4, 0.5) is 0 Å². The molecule has 0 radical (unpaired) electrons. The van der Waals surface area contributed by atoms with Crippen molar-refractivity contribution in [1.29, 1.82) is 0 Å². The van der Waals surface area contributed by atoms with Crippen LogP contribution in [0.25, 0.3) is 0 Å². The van der Waals surface area contributed by atoms with Crippen LogP contribution < -0.4 is 9.47 Å². The molecule has 130 valence electrons. The van der Waals surface area contributed by atoms with E-state index >= 15 is 0 Å². The molecule has 0 N–H and O–H groups in total. The molecule has 0 saturated heterocycles. The maximum atomic E-state index is 5.30. The third kappa shape index (κ3) is 4.11. The number of methoxy groups -OCH3 is 2. The Kier molecular flexibility index (Phi) is 6.72. The quantitative estimate of drug-likeness (QED) is 0.590. The van der Waals surface area contributed by atoms with Crippen molar-refractivity contribution in [3.63, 3.8) is 0 Å². The van der Waals surface area contributed by atoms with E-state index in [1.165, 1.54) is 11.1 Å². The fourth-order valence-corrected chi connectivity index (χ4v) is 3.78. The summed E-state index contributed by atoms with van der Waals surface area (Å²) in [6.45, 7) is 6.94. The molecule has 2 rings (SSSR count). The van der Waals surface area contributed by atoms with Crippen molar-refractivity contribution in [3.05, 3.63) is 59.7 Å². The minimum atomic E-state index is 0.507. The van der Waals surface area contributed by atoms with Gasteiger partial charge in [-0.25, -0.2) is 0 Å². The zero-order valence-corrected chi connectivity index (χ0v) is 15.6. The van der Waals surface area contributed by atoms with Gasteiger partial charge in [0, 0.05) is 0 Å². The van der Waals surface area contributed by atoms with E-state index in [1.54, 1.807) is 14.2 Å². The van der Waals surface area contributed by atoms with E-state index in [-0.39, 0.29) is 0 Å². The van der Waals surface area contributed by atoms with Gasteiger partial charge in [-0.05, 0) is 59.6 Å². The molecule has 24 heavy (non-hydrogen) atoms. The second-order valence-electron chi connectivity index (χ2n) is 6.42. The van der Waals surface area contributed by atoms with Gasteiger partial charge >= 0.3 is 0 Å². The Morgan fingerprint density at radius 1 is 0.708 bits per heavy atom. The first kappa shape index (κ1) is 18.4. The molecular formula is C22H30O2. The molecule has 0 unspecified atom stereocenters. The Morgan fingerprint density at radius 2 is 1.17 bits per heavy atom. The average molecular weight is 326 g/mol. The van der Waals surface area contributed by atoms with E-state index in [1.807, 2.05) is 0 Å². The number of rotatable bonds is 8. The Labute approximate surface area is 146 Å². The molecule has 0 aliphatic rings. The fraction of sp³-hybridized carbons (Fsp3) is 0.455. The normalized spacial score (nSPS) is 14.7. The summed E-state index contributed by atoms with van der Waals surface area (Å²) in [4.78, 5) is 0. The van der Waals surface area contributed by atoms with Crippen molar-refractivity contribution in [1.82, 2.24) is 0 Å². The first-order chi connectivity index (χ1) is 11.6. The summed E-state index contributed by atoms with van der Waals surface area (Å²) in [6, 6.07) is 17.1. The number of hydrogen-bond donors (Lipinski definition) is 0. The van der Waals surface area contributed by atoms with Crippen LogP contribution in [0.15, 0.2) is 48.5 Å². The van der Waals surface area contributed by atoms with Gasteiger partial charge in [0.05, 0.1) is 14.2 Å². The van der Waals surface area contributed by atoms with E-state index in [9.17, 15) is 0 Å². The lowest BCUT2D eigenvalue weighted by molar-refractivity contribution is 0.345. The highest BCUT2D eigenvalue weighted by Gasteiger charge is 2.26. The molecule has 0 bridgehead atoms. The zero-order valence-electron chi connectivity index (χ0n) is 15.6. The SMILES string of the molecule is CC[C@@H]([C@H](C)c1ccc(OC)cc1)[C@H](CC)c1ccc(OC)cc1. The van der Waals surface area contributed by atoms with Crippen LogP contribution in [0, 0.1) is 5.92 Å². The summed E-state index contributed by atoms with van der Waals surface area (Å²) in [7, 11) is 3.43. The largest absolute Gasteiger partial charge is 0.497 e. The average Bonchev–Trinajstić information content (AvgIpc) is 2.65. The number of benzene rings is 2. The van der Waals surface area contributed by atoms with Gasteiger partial charge in [0.25, 0.3) is 0 Å². The number of hydrogen-bond acceptors (Lipinski definition) is 2. The van der Waals surface area contributed by atoms with Crippen molar-refractivity contribution in [2.45, 2.75) is 45.4 Å². The highest BCUT2D eigenvalue weighted by molar-refractivity contribution is 5.32. The van der Waals surface area contributed by atoms with Crippen molar-refractivity contribution in [2.24, 2.45) is 5.92 Å². The van der Waals surface area contributed by atoms with Crippen LogP contribution in [0.2, 0.25) is 0 Å². The van der Waals surface area contributed by atoms with Gasteiger partial charge < -0.3 is 9.47 Å². The summed E-state index contributed by atoms with van der Waals surface area (Å²) < 4.78 is 10.6. The van der Waals surface area contributed by atoms with E-state index in [2.05, 4.69) is 69.3 Å². The van der Waals surface area contributed by atoms with Crippen LogP contribution in [0.3, 0.4) is 0 Å². The first-order valence-electron chi connectivity index (χ1n) is 8.92. The monoisotopic (exact) mass is 326 g/mol. The van der Waals surface area contributed by atoms with Gasteiger partial charge in [0.1, 0.15) is 11.5 Å². The van der Waals surface area contributed by atoms with E-state index in [0.717, 1.165) is 24.3 Å².